The molecule has 2 fully saturated rings. The highest BCUT2D eigenvalue weighted by Gasteiger charge is 2.37. The van der Waals surface area contributed by atoms with Crippen molar-refractivity contribution in [2.24, 2.45) is 11.8 Å². The van der Waals surface area contributed by atoms with Gasteiger partial charge in [-0.25, -0.2) is 14.6 Å². The number of hydrogen-bond donors (Lipinski definition) is 1. The lowest BCUT2D eigenvalue weighted by Crippen LogP contribution is -2.54. The number of benzene rings is 1. The van der Waals surface area contributed by atoms with Gasteiger partial charge >= 0.3 is 0 Å². The van der Waals surface area contributed by atoms with Gasteiger partial charge in [0.25, 0.3) is 0 Å². The Morgan fingerprint density at radius 3 is 2.72 bits per heavy atom. The number of halogens is 2. The average Bonchev–Trinajstić information content (AvgIpc) is 3.21. The standard InChI is InChI=1S/C26H31Cl2N7O/c1-16(7-9-36)33-8-3-4-18(13-33)19-14-34(15-19)24-12-30-25-23(11-29)32-35(26(25)31-24)17(2)21-6-5-20(27)10-22(21)28/h5-6,10,12,16-19,36H,3-4,7-9,13-15H2,1-2H3. The fraction of sp³-hybridized carbons (Fsp3) is 0.538. The molecule has 3 atom stereocenters. The molecule has 0 amide bonds. The van der Waals surface area contributed by atoms with Crippen LogP contribution in [0.1, 0.15) is 50.4 Å². The lowest BCUT2D eigenvalue weighted by Gasteiger charge is -2.48. The van der Waals surface area contributed by atoms with E-state index in [1.165, 1.54) is 12.8 Å². The summed E-state index contributed by atoms with van der Waals surface area (Å²) in [6.07, 6.45) is 5.05. The predicted octanol–water partition coefficient (Wildman–Crippen LogP) is 4.53. The van der Waals surface area contributed by atoms with E-state index < -0.39 is 0 Å². The molecule has 0 spiro atoms. The zero-order chi connectivity index (χ0) is 25.4. The summed E-state index contributed by atoms with van der Waals surface area (Å²) >= 11 is 12.5. The summed E-state index contributed by atoms with van der Waals surface area (Å²) < 4.78 is 1.73. The number of aliphatic hydroxyl groups is 1. The highest BCUT2D eigenvalue weighted by atomic mass is 35.5. The van der Waals surface area contributed by atoms with Gasteiger partial charge in [-0.05, 0) is 69.2 Å². The lowest BCUT2D eigenvalue weighted by molar-refractivity contribution is 0.0791. The Morgan fingerprint density at radius 1 is 1.19 bits per heavy atom. The maximum Gasteiger partial charge on any atom is 0.190 e. The first-order valence-corrected chi connectivity index (χ1v) is 13.3. The van der Waals surface area contributed by atoms with E-state index in [2.05, 4.69) is 32.9 Å². The Morgan fingerprint density at radius 2 is 2.00 bits per heavy atom. The van der Waals surface area contributed by atoms with Crippen LogP contribution >= 0.6 is 23.2 Å². The average molecular weight is 528 g/mol. The van der Waals surface area contributed by atoms with E-state index in [1.54, 1.807) is 23.0 Å². The first-order chi connectivity index (χ1) is 17.4. The Hall–Kier alpha value is -2.44. The molecule has 190 valence electrons. The van der Waals surface area contributed by atoms with E-state index in [1.807, 2.05) is 13.0 Å². The summed E-state index contributed by atoms with van der Waals surface area (Å²) in [6, 6.07) is 7.70. The van der Waals surface area contributed by atoms with Crippen molar-refractivity contribution in [2.75, 3.05) is 37.7 Å². The van der Waals surface area contributed by atoms with E-state index in [0.29, 0.717) is 39.1 Å². The van der Waals surface area contributed by atoms with Gasteiger partial charge in [0.15, 0.2) is 11.3 Å². The van der Waals surface area contributed by atoms with Crippen molar-refractivity contribution in [1.29, 1.82) is 5.26 Å². The Kier molecular flexibility index (Phi) is 7.36. The summed E-state index contributed by atoms with van der Waals surface area (Å²) in [6.45, 7) is 8.55. The third-order valence-corrected chi connectivity index (χ3v) is 8.40. The first-order valence-electron chi connectivity index (χ1n) is 12.6. The first kappa shape index (κ1) is 25.2. The van der Waals surface area contributed by atoms with Crippen LogP contribution in [-0.2, 0) is 0 Å². The Bertz CT molecular complexity index is 1280. The molecule has 8 nitrogen and oxygen atoms in total. The minimum Gasteiger partial charge on any atom is -0.396 e. The van der Waals surface area contributed by atoms with Gasteiger partial charge in [-0.1, -0.05) is 29.3 Å². The molecule has 1 aromatic carbocycles. The molecule has 1 N–H and O–H groups in total. The molecule has 10 heteroatoms. The van der Waals surface area contributed by atoms with Crippen LogP contribution in [0.5, 0.6) is 0 Å². The molecule has 36 heavy (non-hydrogen) atoms. The molecule has 0 radical (unpaired) electrons. The fourth-order valence-electron chi connectivity index (χ4n) is 5.56. The number of nitrogens with zero attached hydrogens (tertiary/aromatic N) is 7. The summed E-state index contributed by atoms with van der Waals surface area (Å²) in [7, 11) is 0. The summed E-state index contributed by atoms with van der Waals surface area (Å²) in [5.74, 6) is 2.09. The van der Waals surface area contributed by atoms with E-state index in [0.717, 1.165) is 44.0 Å². The summed E-state index contributed by atoms with van der Waals surface area (Å²) in [4.78, 5) is 14.3. The van der Waals surface area contributed by atoms with Crippen molar-refractivity contribution in [2.45, 2.75) is 45.2 Å². The number of anilines is 1. The van der Waals surface area contributed by atoms with Crippen molar-refractivity contribution in [3.05, 3.63) is 45.7 Å². The number of rotatable bonds is 7. The minimum atomic E-state index is -0.248. The van der Waals surface area contributed by atoms with Gasteiger partial charge in [-0.3, -0.25) is 0 Å². The zero-order valence-electron chi connectivity index (χ0n) is 20.6. The molecule has 0 aliphatic carbocycles. The van der Waals surface area contributed by atoms with Crippen molar-refractivity contribution >= 4 is 40.2 Å². The normalized spacial score (nSPS) is 20.8. The van der Waals surface area contributed by atoms with Crippen LogP contribution < -0.4 is 4.90 Å². The molecular formula is C26H31Cl2N7O. The molecule has 2 saturated heterocycles. The molecule has 0 saturated carbocycles. The third-order valence-electron chi connectivity index (χ3n) is 7.84. The third kappa shape index (κ3) is 4.78. The molecule has 4 heterocycles. The second-order valence-corrected chi connectivity index (χ2v) is 10.9. The van der Waals surface area contributed by atoms with Crippen molar-refractivity contribution < 1.29 is 5.11 Å². The molecule has 3 aromatic rings. The van der Waals surface area contributed by atoms with Crippen LogP contribution in [0.4, 0.5) is 5.82 Å². The molecule has 2 aromatic heterocycles. The van der Waals surface area contributed by atoms with Crippen LogP contribution in [0.25, 0.3) is 11.2 Å². The van der Waals surface area contributed by atoms with Crippen molar-refractivity contribution in [1.82, 2.24) is 24.6 Å². The fourth-order valence-corrected chi connectivity index (χ4v) is 6.13. The van der Waals surface area contributed by atoms with Gasteiger partial charge in [0.05, 0.1) is 12.2 Å². The maximum atomic E-state index is 9.64. The largest absolute Gasteiger partial charge is 0.396 e. The van der Waals surface area contributed by atoms with E-state index >= 15 is 0 Å². The Labute approximate surface area is 221 Å². The van der Waals surface area contributed by atoms with Gasteiger partial charge in [0.2, 0.25) is 0 Å². The van der Waals surface area contributed by atoms with Crippen LogP contribution in [0.2, 0.25) is 10.0 Å². The molecule has 0 bridgehead atoms. The van der Waals surface area contributed by atoms with Gasteiger partial charge < -0.3 is 14.9 Å². The minimum absolute atomic E-state index is 0.244. The predicted molar refractivity (Wildman–Crippen MR) is 141 cm³/mol. The van der Waals surface area contributed by atoms with E-state index in [9.17, 15) is 10.4 Å². The van der Waals surface area contributed by atoms with Crippen molar-refractivity contribution in [3.8, 4) is 6.07 Å². The number of fused-ring (bicyclic) bond motifs is 1. The van der Waals surface area contributed by atoms with Gasteiger partial charge in [-0.2, -0.15) is 10.4 Å². The van der Waals surface area contributed by atoms with Crippen LogP contribution in [-0.4, -0.2) is 68.6 Å². The molecule has 3 unspecified atom stereocenters. The maximum absolute atomic E-state index is 9.64. The SMILES string of the molecule is CC(CCO)N1CCCC(C2CN(c3cnc4c(C#N)nn(C(C)c5ccc(Cl)cc5Cl)c4n3)C2)C1. The smallest absolute Gasteiger partial charge is 0.190 e. The lowest BCUT2D eigenvalue weighted by atomic mass is 9.80. The Balaban J connectivity index is 1.34. The zero-order valence-corrected chi connectivity index (χ0v) is 22.1. The second kappa shape index (κ2) is 10.5. The molecule has 2 aliphatic rings. The quantitative estimate of drug-likeness (QED) is 0.482. The monoisotopic (exact) mass is 527 g/mol. The number of likely N-dealkylation sites (tertiary alicyclic amines) is 1. The topological polar surface area (TPSA) is 94.1 Å². The van der Waals surface area contributed by atoms with E-state index in [4.69, 9.17) is 28.2 Å². The molecule has 5 rings (SSSR count). The molecular weight excluding hydrogens is 497 g/mol. The number of nitriles is 1. The van der Waals surface area contributed by atoms with Gasteiger partial charge in [-0.15, -0.1) is 0 Å². The highest BCUT2D eigenvalue weighted by Crippen LogP contribution is 2.35. The highest BCUT2D eigenvalue weighted by molar-refractivity contribution is 6.35. The number of piperidine rings is 1. The second-order valence-electron chi connectivity index (χ2n) is 10.1. The van der Waals surface area contributed by atoms with Gasteiger partial charge in [0, 0.05) is 42.3 Å². The number of aromatic nitrogens is 4. The summed E-state index contributed by atoms with van der Waals surface area (Å²) in [5.41, 5.74) is 2.17. The van der Waals surface area contributed by atoms with Crippen LogP contribution in [0, 0.1) is 23.2 Å². The van der Waals surface area contributed by atoms with Crippen LogP contribution in [0.15, 0.2) is 24.4 Å². The molecule has 2 aliphatic heterocycles. The number of hydrogen-bond acceptors (Lipinski definition) is 7. The summed E-state index contributed by atoms with van der Waals surface area (Å²) in [5, 5.41) is 24.6. The van der Waals surface area contributed by atoms with E-state index in [-0.39, 0.29) is 18.3 Å². The van der Waals surface area contributed by atoms with Gasteiger partial charge in [0.1, 0.15) is 17.4 Å². The van der Waals surface area contributed by atoms with Crippen molar-refractivity contribution in [3.63, 3.8) is 0 Å². The number of aliphatic hydroxyl groups excluding tert-OH is 1. The van der Waals surface area contributed by atoms with Crippen LogP contribution in [0.3, 0.4) is 0 Å².